The van der Waals surface area contributed by atoms with Crippen molar-refractivity contribution in [2.45, 2.75) is 0 Å². The van der Waals surface area contributed by atoms with Gasteiger partial charge in [-0.1, -0.05) is 18.2 Å². The maximum atomic E-state index is 7.74. The number of benzene rings is 1. The Morgan fingerprint density at radius 1 is 1.08 bits per heavy atom. The van der Waals surface area contributed by atoms with Crippen LogP contribution in [0.3, 0.4) is 0 Å². The monoisotopic (exact) mass is 190 g/mol. The van der Waals surface area contributed by atoms with Crippen molar-refractivity contribution in [3.8, 4) is 0 Å². The molecule has 1 rings (SSSR count). The summed E-state index contributed by atoms with van der Waals surface area (Å²) < 4.78 is 0. The predicted octanol–water partition coefficient (Wildman–Crippen LogP) is 0.624. The van der Waals surface area contributed by atoms with Gasteiger partial charge in [-0.05, 0) is 12.1 Å². The largest absolute Gasteiger partial charge is 0.400 e. The van der Waals surface area contributed by atoms with E-state index in [1.165, 1.54) is 0 Å². The van der Waals surface area contributed by atoms with Gasteiger partial charge in [0.2, 0.25) is 0 Å². The molecule has 0 aromatic heterocycles. The van der Waals surface area contributed by atoms with Crippen molar-refractivity contribution in [2.75, 3.05) is 12.4 Å². The van der Waals surface area contributed by atoms with Gasteiger partial charge in [0.05, 0.1) is 0 Å². The number of anilines is 1. The van der Waals surface area contributed by atoms with E-state index < -0.39 is 7.94 Å². The van der Waals surface area contributed by atoms with Crippen LogP contribution in [0.4, 0.5) is 5.69 Å². The lowest BCUT2D eigenvalue weighted by atomic mass is 10.3. The zero-order valence-corrected chi connectivity index (χ0v) is 7.65. The average molecular weight is 190 g/mol. The van der Waals surface area contributed by atoms with Crippen LogP contribution in [0.2, 0.25) is 0 Å². The molecule has 1 aromatic rings. The molecule has 0 fully saturated rings. The molecule has 0 saturated carbocycles. The summed E-state index contributed by atoms with van der Waals surface area (Å²) in [6.45, 7) is 0.965. The summed E-state index contributed by atoms with van der Waals surface area (Å²) in [5, 5.41) is 0. The van der Waals surface area contributed by atoms with Gasteiger partial charge in [-0.2, -0.15) is 14.7 Å². The number of nitrogen functional groups attached to an aromatic ring is 1. The van der Waals surface area contributed by atoms with Gasteiger partial charge in [0.15, 0.2) is 0 Å². The minimum Gasteiger partial charge on any atom is -0.399 e. The zero-order valence-electron chi connectivity index (χ0n) is 6.75. The second-order valence-corrected chi connectivity index (χ2v) is 4.02. The van der Waals surface area contributed by atoms with Crippen LogP contribution in [0.15, 0.2) is 30.3 Å². The lowest BCUT2D eigenvalue weighted by Crippen LogP contribution is -1.79. The summed E-state index contributed by atoms with van der Waals surface area (Å²) in [4.78, 5) is 23.2. The SMILES string of the molecule is C[P+](O)(O)O.Nc1ccccc1. The summed E-state index contributed by atoms with van der Waals surface area (Å²) in [6.07, 6.45) is 0. The van der Waals surface area contributed by atoms with Crippen molar-refractivity contribution in [1.29, 1.82) is 0 Å². The molecule has 0 aliphatic rings. The fourth-order valence-electron chi connectivity index (χ4n) is 0.453. The molecule has 0 bridgehead atoms. The van der Waals surface area contributed by atoms with Gasteiger partial charge in [0.25, 0.3) is 0 Å². The van der Waals surface area contributed by atoms with Crippen molar-refractivity contribution in [1.82, 2.24) is 0 Å². The van der Waals surface area contributed by atoms with E-state index in [2.05, 4.69) is 0 Å². The number of hydrogen-bond donors (Lipinski definition) is 4. The second kappa shape index (κ2) is 5.06. The van der Waals surface area contributed by atoms with E-state index in [0.29, 0.717) is 0 Å². The molecule has 0 heterocycles. The molecule has 0 atom stereocenters. The van der Waals surface area contributed by atoms with Gasteiger partial charge >= 0.3 is 7.94 Å². The lowest BCUT2D eigenvalue weighted by molar-refractivity contribution is 0.340. The molecule has 0 saturated heterocycles. The third-order valence-corrected chi connectivity index (χ3v) is 0.800. The Labute approximate surface area is 71.9 Å². The fourth-order valence-corrected chi connectivity index (χ4v) is 0.453. The summed E-state index contributed by atoms with van der Waals surface area (Å²) >= 11 is 0. The number of hydrogen-bond acceptors (Lipinski definition) is 4. The lowest BCUT2D eigenvalue weighted by Gasteiger charge is -1.88. The van der Waals surface area contributed by atoms with Crippen LogP contribution in [0.25, 0.3) is 0 Å². The van der Waals surface area contributed by atoms with Crippen LogP contribution in [-0.4, -0.2) is 21.3 Å². The zero-order chi connectivity index (χ0) is 9.61. The van der Waals surface area contributed by atoms with Crippen LogP contribution in [-0.2, 0) is 0 Å². The topological polar surface area (TPSA) is 86.7 Å². The Balaban J connectivity index is 0.000000217. The number of rotatable bonds is 0. The van der Waals surface area contributed by atoms with Gasteiger partial charge in [0, 0.05) is 5.69 Å². The van der Waals surface area contributed by atoms with Crippen LogP contribution in [0, 0.1) is 0 Å². The molecule has 0 aliphatic heterocycles. The molecule has 0 spiro atoms. The van der Waals surface area contributed by atoms with Crippen LogP contribution < -0.4 is 5.73 Å². The molecule has 68 valence electrons. The number of para-hydroxylation sites is 1. The quantitative estimate of drug-likeness (QED) is 0.357. The van der Waals surface area contributed by atoms with Crippen LogP contribution >= 0.6 is 7.94 Å². The van der Waals surface area contributed by atoms with E-state index in [9.17, 15) is 0 Å². The molecule has 5 heteroatoms. The standard InChI is InChI=1S/C6H7N.CH6O3P/c7-6-4-2-1-3-5-6;1-5(2,3)4/h1-5H,7H2;2-4H,1H3/q;+1. The van der Waals surface area contributed by atoms with Gasteiger partial charge in [-0.25, -0.2) is 0 Å². The maximum absolute atomic E-state index is 7.74. The first-order chi connectivity index (χ1) is 5.39. The molecule has 5 N–H and O–H groups in total. The maximum Gasteiger partial charge on any atom is 0.400 e. The normalized spacial score (nSPS) is 10.0. The molecule has 0 aliphatic carbocycles. The first-order valence-electron chi connectivity index (χ1n) is 3.25. The van der Waals surface area contributed by atoms with E-state index in [1.54, 1.807) is 0 Å². The Hall–Kier alpha value is -0.670. The van der Waals surface area contributed by atoms with Gasteiger partial charge in [-0.15, -0.1) is 0 Å². The van der Waals surface area contributed by atoms with Gasteiger partial charge in [-0.3, -0.25) is 0 Å². The van der Waals surface area contributed by atoms with Crippen molar-refractivity contribution in [2.24, 2.45) is 0 Å². The van der Waals surface area contributed by atoms with Crippen LogP contribution in [0.1, 0.15) is 0 Å². The average Bonchev–Trinajstić information content (AvgIpc) is 1.85. The van der Waals surface area contributed by atoms with E-state index in [-0.39, 0.29) is 0 Å². The van der Waals surface area contributed by atoms with Gasteiger partial charge < -0.3 is 5.73 Å². The van der Waals surface area contributed by atoms with E-state index in [0.717, 1.165) is 12.4 Å². The first-order valence-corrected chi connectivity index (χ1v) is 5.34. The van der Waals surface area contributed by atoms with E-state index in [4.69, 9.17) is 20.4 Å². The highest BCUT2D eigenvalue weighted by molar-refractivity contribution is 7.57. The van der Waals surface area contributed by atoms with E-state index >= 15 is 0 Å². The molecule has 4 nitrogen and oxygen atoms in total. The highest BCUT2D eigenvalue weighted by Crippen LogP contribution is 2.38. The minimum absolute atomic E-state index is 0.822. The summed E-state index contributed by atoms with van der Waals surface area (Å²) in [5.74, 6) is 0. The Kier molecular flexibility index (Phi) is 4.78. The van der Waals surface area contributed by atoms with Crippen molar-refractivity contribution >= 4 is 13.6 Å². The summed E-state index contributed by atoms with van der Waals surface area (Å²) in [7, 11) is -3.39. The minimum atomic E-state index is -3.39. The van der Waals surface area contributed by atoms with Crippen LogP contribution in [0.5, 0.6) is 0 Å². The molecule has 0 radical (unpaired) electrons. The predicted molar refractivity (Wildman–Crippen MR) is 50.4 cm³/mol. The van der Waals surface area contributed by atoms with Gasteiger partial charge in [0.1, 0.15) is 6.66 Å². The Morgan fingerprint density at radius 2 is 1.42 bits per heavy atom. The number of nitrogens with two attached hydrogens (primary N) is 1. The molecule has 0 amide bonds. The first kappa shape index (κ1) is 11.3. The van der Waals surface area contributed by atoms with Crippen molar-refractivity contribution in [3.05, 3.63) is 30.3 Å². The summed E-state index contributed by atoms with van der Waals surface area (Å²) in [5.41, 5.74) is 6.18. The summed E-state index contributed by atoms with van der Waals surface area (Å²) in [6, 6.07) is 9.49. The highest BCUT2D eigenvalue weighted by Gasteiger charge is 2.17. The third-order valence-electron chi connectivity index (χ3n) is 0.800. The fraction of sp³-hybridized carbons (Fsp3) is 0.143. The molecule has 1 aromatic carbocycles. The van der Waals surface area contributed by atoms with Crippen molar-refractivity contribution < 1.29 is 14.7 Å². The third kappa shape index (κ3) is 12.0. The van der Waals surface area contributed by atoms with E-state index in [1.807, 2.05) is 30.3 Å². The molecular weight excluding hydrogens is 177 g/mol. The second-order valence-electron chi connectivity index (χ2n) is 2.28. The smallest absolute Gasteiger partial charge is 0.399 e. The highest BCUT2D eigenvalue weighted by atomic mass is 31.2. The van der Waals surface area contributed by atoms with Crippen molar-refractivity contribution in [3.63, 3.8) is 0 Å². The Morgan fingerprint density at radius 3 is 1.58 bits per heavy atom. The molecule has 0 unspecified atom stereocenters. The molecular formula is C7H13NO3P+. The Bertz CT molecular complexity index is 204. The molecule has 12 heavy (non-hydrogen) atoms.